The van der Waals surface area contributed by atoms with Crippen molar-refractivity contribution in [1.82, 2.24) is 0 Å². The standard InChI is InChI=1S/C13H21NO2/c1-5-9-11(6-2)13(7-3,10-14)12(15)16-8-4/h6H,5,7-9H2,1-4H3. The van der Waals surface area contributed by atoms with Crippen LogP contribution in [0.3, 0.4) is 0 Å². The quantitative estimate of drug-likeness (QED) is 0.513. The molecule has 0 radical (unpaired) electrons. The number of allylic oxidation sites excluding steroid dienone is 1. The molecule has 0 aromatic carbocycles. The van der Waals surface area contributed by atoms with Gasteiger partial charge in [0.25, 0.3) is 0 Å². The van der Waals surface area contributed by atoms with Crippen molar-refractivity contribution in [3.63, 3.8) is 0 Å². The van der Waals surface area contributed by atoms with E-state index in [1.807, 2.05) is 26.8 Å². The summed E-state index contributed by atoms with van der Waals surface area (Å²) in [6, 6.07) is 2.14. The lowest BCUT2D eigenvalue weighted by molar-refractivity contribution is -0.150. The Hall–Kier alpha value is -1.30. The predicted molar refractivity (Wildman–Crippen MR) is 63.6 cm³/mol. The average Bonchev–Trinajstić information content (AvgIpc) is 2.30. The molecular weight excluding hydrogens is 202 g/mol. The number of nitrogens with zero attached hydrogens (tertiary/aromatic N) is 1. The molecule has 0 heterocycles. The highest BCUT2D eigenvalue weighted by Crippen LogP contribution is 2.35. The summed E-state index contributed by atoms with van der Waals surface area (Å²) in [6.45, 7) is 7.81. The van der Waals surface area contributed by atoms with Gasteiger partial charge in [0.1, 0.15) is 0 Å². The molecule has 0 aliphatic heterocycles. The van der Waals surface area contributed by atoms with Crippen LogP contribution < -0.4 is 0 Å². The number of carbonyl (C=O) groups excluding carboxylic acids is 1. The van der Waals surface area contributed by atoms with Crippen molar-refractivity contribution in [2.24, 2.45) is 5.41 Å². The minimum atomic E-state index is -1.08. The Kier molecular flexibility index (Phi) is 6.48. The Morgan fingerprint density at radius 3 is 2.38 bits per heavy atom. The van der Waals surface area contributed by atoms with Gasteiger partial charge in [-0.15, -0.1) is 0 Å². The van der Waals surface area contributed by atoms with Crippen molar-refractivity contribution < 1.29 is 9.53 Å². The SMILES string of the molecule is CC=C(CCC)C(C#N)(CC)C(=O)OCC. The van der Waals surface area contributed by atoms with Gasteiger partial charge in [-0.3, -0.25) is 0 Å². The second-order valence-electron chi connectivity index (χ2n) is 3.66. The van der Waals surface area contributed by atoms with Gasteiger partial charge in [-0.25, -0.2) is 4.79 Å². The topological polar surface area (TPSA) is 50.1 Å². The molecule has 3 heteroatoms. The van der Waals surface area contributed by atoms with Gasteiger partial charge in [0.05, 0.1) is 12.7 Å². The molecule has 0 aliphatic rings. The Bertz CT molecular complexity index is 302. The zero-order valence-corrected chi connectivity index (χ0v) is 10.7. The van der Waals surface area contributed by atoms with E-state index in [2.05, 4.69) is 6.07 Å². The Morgan fingerprint density at radius 1 is 1.44 bits per heavy atom. The fourth-order valence-corrected chi connectivity index (χ4v) is 1.83. The first-order valence-electron chi connectivity index (χ1n) is 5.86. The molecule has 0 aromatic heterocycles. The van der Waals surface area contributed by atoms with Crippen LogP contribution in [0.15, 0.2) is 11.6 Å². The summed E-state index contributed by atoms with van der Waals surface area (Å²) >= 11 is 0. The summed E-state index contributed by atoms with van der Waals surface area (Å²) in [7, 11) is 0. The van der Waals surface area contributed by atoms with Crippen molar-refractivity contribution in [2.45, 2.75) is 47.0 Å². The molecule has 1 unspecified atom stereocenters. The highest BCUT2D eigenvalue weighted by atomic mass is 16.5. The van der Waals surface area contributed by atoms with E-state index in [4.69, 9.17) is 4.74 Å². The molecule has 0 rings (SSSR count). The van der Waals surface area contributed by atoms with E-state index in [9.17, 15) is 10.1 Å². The van der Waals surface area contributed by atoms with E-state index in [1.54, 1.807) is 6.92 Å². The van der Waals surface area contributed by atoms with Crippen molar-refractivity contribution >= 4 is 5.97 Å². The van der Waals surface area contributed by atoms with Crippen molar-refractivity contribution in [3.8, 4) is 6.07 Å². The van der Waals surface area contributed by atoms with Crippen molar-refractivity contribution in [1.29, 1.82) is 5.26 Å². The lowest BCUT2D eigenvalue weighted by Crippen LogP contribution is -2.33. The van der Waals surface area contributed by atoms with Gasteiger partial charge in [-0.2, -0.15) is 5.26 Å². The Morgan fingerprint density at radius 2 is 2.06 bits per heavy atom. The maximum atomic E-state index is 11.9. The third-order valence-corrected chi connectivity index (χ3v) is 2.76. The van der Waals surface area contributed by atoms with E-state index < -0.39 is 11.4 Å². The lowest BCUT2D eigenvalue weighted by atomic mass is 9.77. The number of esters is 1. The van der Waals surface area contributed by atoms with Crippen LogP contribution in [0.25, 0.3) is 0 Å². The number of ether oxygens (including phenoxy) is 1. The molecule has 0 amide bonds. The minimum Gasteiger partial charge on any atom is -0.465 e. The van der Waals surface area contributed by atoms with Gasteiger partial charge >= 0.3 is 5.97 Å². The fourth-order valence-electron chi connectivity index (χ4n) is 1.83. The molecule has 90 valence electrons. The third kappa shape index (κ3) is 2.85. The van der Waals surface area contributed by atoms with Crippen LogP contribution in [0.5, 0.6) is 0 Å². The molecule has 0 fully saturated rings. The van der Waals surface area contributed by atoms with Crippen molar-refractivity contribution in [2.75, 3.05) is 6.61 Å². The lowest BCUT2D eigenvalue weighted by Gasteiger charge is -2.25. The summed E-state index contributed by atoms with van der Waals surface area (Å²) in [5.74, 6) is -0.415. The van der Waals surface area contributed by atoms with Gasteiger partial charge in [-0.1, -0.05) is 26.3 Å². The van der Waals surface area contributed by atoms with Crippen LogP contribution in [-0.4, -0.2) is 12.6 Å². The van der Waals surface area contributed by atoms with E-state index in [0.717, 1.165) is 18.4 Å². The summed E-state index contributed by atoms with van der Waals surface area (Å²) in [6.07, 6.45) is 4.01. The van der Waals surface area contributed by atoms with Gasteiger partial charge in [0.2, 0.25) is 0 Å². The molecule has 0 saturated carbocycles. The number of hydrogen-bond donors (Lipinski definition) is 0. The molecule has 0 saturated heterocycles. The molecule has 16 heavy (non-hydrogen) atoms. The first kappa shape index (κ1) is 14.7. The maximum Gasteiger partial charge on any atom is 0.330 e. The summed E-state index contributed by atoms with van der Waals surface area (Å²) in [5, 5.41) is 9.31. The van der Waals surface area contributed by atoms with Crippen LogP contribution in [-0.2, 0) is 9.53 Å². The van der Waals surface area contributed by atoms with E-state index in [-0.39, 0.29) is 0 Å². The number of hydrogen-bond acceptors (Lipinski definition) is 3. The van der Waals surface area contributed by atoms with Crippen LogP contribution in [0.1, 0.15) is 47.0 Å². The highest BCUT2D eigenvalue weighted by Gasteiger charge is 2.41. The molecule has 0 N–H and O–H groups in total. The Balaban J connectivity index is 5.24. The number of rotatable bonds is 6. The van der Waals surface area contributed by atoms with Gasteiger partial charge in [0.15, 0.2) is 5.41 Å². The van der Waals surface area contributed by atoms with Crippen LogP contribution >= 0.6 is 0 Å². The first-order chi connectivity index (χ1) is 7.62. The summed E-state index contributed by atoms with van der Waals surface area (Å²) in [5.41, 5.74) is -0.209. The largest absolute Gasteiger partial charge is 0.465 e. The Labute approximate surface area is 98.1 Å². The van der Waals surface area contributed by atoms with Crippen LogP contribution in [0, 0.1) is 16.7 Å². The zero-order valence-electron chi connectivity index (χ0n) is 10.7. The third-order valence-electron chi connectivity index (χ3n) is 2.76. The van der Waals surface area contributed by atoms with E-state index in [0.29, 0.717) is 13.0 Å². The summed E-state index contributed by atoms with van der Waals surface area (Å²) < 4.78 is 5.02. The molecule has 0 aromatic rings. The predicted octanol–water partition coefficient (Wildman–Crippen LogP) is 3.22. The first-order valence-corrected chi connectivity index (χ1v) is 5.86. The number of carbonyl (C=O) groups is 1. The van der Waals surface area contributed by atoms with Crippen LogP contribution in [0.2, 0.25) is 0 Å². The second kappa shape index (κ2) is 7.05. The van der Waals surface area contributed by atoms with E-state index >= 15 is 0 Å². The van der Waals surface area contributed by atoms with Crippen LogP contribution in [0.4, 0.5) is 0 Å². The van der Waals surface area contributed by atoms with Gasteiger partial charge in [-0.05, 0) is 32.3 Å². The average molecular weight is 223 g/mol. The summed E-state index contributed by atoms with van der Waals surface area (Å²) in [4.78, 5) is 11.9. The molecule has 0 aliphatic carbocycles. The normalized spacial score (nSPS) is 15.1. The minimum absolute atomic E-state index is 0.311. The fraction of sp³-hybridized carbons (Fsp3) is 0.692. The van der Waals surface area contributed by atoms with Gasteiger partial charge in [0, 0.05) is 0 Å². The maximum absolute atomic E-state index is 11.9. The molecule has 3 nitrogen and oxygen atoms in total. The molecule has 1 atom stereocenters. The van der Waals surface area contributed by atoms with Crippen molar-refractivity contribution in [3.05, 3.63) is 11.6 Å². The smallest absolute Gasteiger partial charge is 0.330 e. The molecule has 0 spiro atoms. The monoisotopic (exact) mass is 223 g/mol. The van der Waals surface area contributed by atoms with Gasteiger partial charge < -0.3 is 4.74 Å². The second-order valence-corrected chi connectivity index (χ2v) is 3.66. The van der Waals surface area contributed by atoms with E-state index in [1.165, 1.54) is 0 Å². The number of nitriles is 1. The zero-order chi connectivity index (χ0) is 12.6. The molecular formula is C13H21NO2. The highest BCUT2D eigenvalue weighted by molar-refractivity contribution is 5.84. The molecule has 0 bridgehead atoms.